The molecular formula is C13H18O2S. The third kappa shape index (κ3) is 3.00. The van der Waals surface area contributed by atoms with E-state index in [1.165, 1.54) is 23.3 Å². The van der Waals surface area contributed by atoms with Gasteiger partial charge in [-0.05, 0) is 31.4 Å². The van der Waals surface area contributed by atoms with Gasteiger partial charge in [-0.3, -0.25) is 0 Å². The van der Waals surface area contributed by atoms with Crippen LogP contribution >= 0.6 is 11.8 Å². The van der Waals surface area contributed by atoms with Gasteiger partial charge in [-0.2, -0.15) is 0 Å². The Hall–Kier alpha value is -0.510. The minimum absolute atomic E-state index is 0.121. The Kier molecular flexibility index (Phi) is 4.27. The van der Waals surface area contributed by atoms with Gasteiger partial charge in [0.2, 0.25) is 0 Å². The van der Waals surface area contributed by atoms with E-state index in [2.05, 4.69) is 18.2 Å². The first-order valence-electron chi connectivity index (χ1n) is 5.74. The number of benzene rings is 1. The van der Waals surface area contributed by atoms with Gasteiger partial charge in [0.05, 0.1) is 12.7 Å². The maximum atomic E-state index is 9.29. The van der Waals surface area contributed by atoms with Crippen LogP contribution in [0, 0.1) is 6.92 Å². The second-order valence-corrected chi connectivity index (χ2v) is 5.28. The number of hydrogen-bond donors (Lipinski definition) is 1. The van der Waals surface area contributed by atoms with Gasteiger partial charge in [0.1, 0.15) is 0 Å². The highest BCUT2D eigenvalue weighted by molar-refractivity contribution is 7.99. The SMILES string of the molecule is Cc1ccc(SCC2CCCO2)c(CO)c1. The summed E-state index contributed by atoms with van der Waals surface area (Å²) >= 11 is 1.79. The normalized spacial score (nSPS) is 20.2. The summed E-state index contributed by atoms with van der Waals surface area (Å²) < 4.78 is 5.59. The second kappa shape index (κ2) is 5.71. The smallest absolute Gasteiger partial charge is 0.0692 e. The molecule has 1 heterocycles. The van der Waals surface area contributed by atoms with Gasteiger partial charge in [0, 0.05) is 17.3 Å². The van der Waals surface area contributed by atoms with E-state index in [1.54, 1.807) is 11.8 Å². The molecular weight excluding hydrogens is 220 g/mol. The number of rotatable bonds is 4. The van der Waals surface area contributed by atoms with Crippen LogP contribution in [0.25, 0.3) is 0 Å². The van der Waals surface area contributed by atoms with E-state index >= 15 is 0 Å². The molecule has 0 radical (unpaired) electrons. The molecule has 1 aromatic carbocycles. The molecule has 0 amide bonds. The molecule has 3 heteroatoms. The number of aliphatic hydroxyl groups is 1. The van der Waals surface area contributed by atoms with Gasteiger partial charge in [-0.25, -0.2) is 0 Å². The van der Waals surface area contributed by atoms with Crippen LogP contribution in [-0.2, 0) is 11.3 Å². The zero-order valence-corrected chi connectivity index (χ0v) is 10.4. The van der Waals surface area contributed by atoms with Crippen LogP contribution in [0.2, 0.25) is 0 Å². The predicted molar refractivity (Wildman–Crippen MR) is 66.8 cm³/mol. The number of thioether (sulfide) groups is 1. The molecule has 16 heavy (non-hydrogen) atoms. The summed E-state index contributed by atoms with van der Waals surface area (Å²) in [6.45, 7) is 3.08. The summed E-state index contributed by atoms with van der Waals surface area (Å²) in [6, 6.07) is 6.25. The fourth-order valence-corrected chi connectivity index (χ4v) is 3.03. The largest absolute Gasteiger partial charge is 0.392 e. The molecule has 0 spiro atoms. The van der Waals surface area contributed by atoms with Crippen molar-refractivity contribution in [2.24, 2.45) is 0 Å². The van der Waals surface area contributed by atoms with Crippen LogP contribution in [0.1, 0.15) is 24.0 Å². The maximum Gasteiger partial charge on any atom is 0.0692 e. The first-order valence-corrected chi connectivity index (χ1v) is 6.73. The van der Waals surface area contributed by atoms with Gasteiger partial charge in [0.25, 0.3) is 0 Å². The minimum atomic E-state index is 0.121. The van der Waals surface area contributed by atoms with Crippen LogP contribution in [0.4, 0.5) is 0 Å². The van der Waals surface area contributed by atoms with Crippen molar-refractivity contribution in [1.82, 2.24) is 0 Å². The molecule has 0 aromatic heterocycles. The molecule has 1 unspecified atom stereocenters. The molecule has 1 fully saturated rings. The molecule has 0 bridgehead atoms. The van der Waals surface area contributed by atoms with Gasteiger partial charge in [-0.1, -0.05) is 17.7 Å². The Morgan fingerprint density at radius 3 is 3.06 bits per heavy atom. The highest BCUT2D eigenvalue weighted by Gasteiger charge is 2.16. The van der Waals surface area contributed by atoms with E-state index in [1.807, 2.05) is 6.92 Å². The summed E-state index contributed by atoms with van der Waals surface area (Å²) in [5.41, 5.74) is 2.23. The summed E-state index contributed by atoms with van der Waals surface area (Å²) in [5, 5.41) is 9.29. The molecule has 1 saturated heterocycles. The zero-order chi connectivity index (χ0) is 11.4. The molecule has 88 valence electrons. The number of aliphatic hydroxyl groups excluding tert-OH is 1. The van der Waals surface area contributed by atoms with Crippen LogP contribution in [0.3, 0.4) is 0 Å². The molecule has 2 nitrogen and oxygen atoms in total. The van der Waals surface area contributed by atoms with E-state index in [0.717, 1.165) is 17.9 Å². The predicted octanol–water partition coefficient (Wildman–Crippen LogP) is 2.76. The lowest BCUT2D eigenvalue weighted by atomic mass is 10.1. The summed E-state index contributed by atoms with van der Waals surface area (Å²) in [6.07, 6.45) is 2.76. The fraction of sp³-hybridized carbons (Fsp3) is 0.538. The van der Waals surface area contributed by atoms with Gasteiger partial charge in [-0.15, -0.1) is 11.8 Å². The summed E-state index contributed by atoms with van der Waals surface area (Å²) in [7, 11) is 0. The van der Waals surface area contributed by atoms with Crippen molar-refractivity contribution in [2.75, 3.05) is 12.4 Å². The fourth-order valence-electron chi connectivity index (χ4n) is 1.93. The highest BCUT2D eigenvalue weighted by Crippen LogP contribution is 2.27. The molecule has 1 aromatic rings. The Labute approximate surface area is 101 Å². The monoisotopic (exact) mass is 238 g/mol. The van der Waals surface area contributed by atoms with Crippen molar-refractivity contribution in [3.05, 3.63) is 29.3 Å². The Morgan fingerprint density at radius 1 is 1.50 bits per heavy atom. The molecule has 2 rings (SSSR count). The molecule has 1 atom stereocenters. The van der Waals surface area contributed by atoms with Crippen molar-refractivity contribution < 1.29 is 9.84 Å². The summed E-state index contributed by atoms with van der Waals surface area (Å²) in [5.74, 6) is 0.996. The molecule has 0 aliphatic carbocycles. The number of ether oxygens (including phenoxy) is 1. The van der Waals surface area contributed by atoms with Crippen molar-refractivity contribution in [3.63, 3.8) is 0 Å². The van der Waals surface area contributed by atoms with Gasteiger partial charge >= 0.3 is 0 Å². The van der Waals surface area contributed by atoms with E-state index < -0.39 is 0 Å². The van der Waals surface area contributed by atoms with Gasteiger partial charge in [0.15, 0.2) is 0 Å². The molecule has 0 saturated carbocycles. The second-order valence-electron chi connectivity index (χ2n) is 4.22. The molecule has 1 aliphatic rings. The third-order valence-corrected chi connectivity index (χ3v) is 4.08. The Morgan fingerprint density at radius 2 is 2.38 bits per heavy atom. The van der Waals surface area contributed by atoms with E-state index in [-0.39, 0.29) is 6.61 Å². The van der Waals surface area contributed by atoms with Crippen molar-refractivity contribution >= 4 is 11.8 Å². The molecule has 1 N–H and O–H groups in total. The van der Waals surface area contributed by atoms with Crippen LogP contribution in [0.5, 0.6) is 0 Å². The first kappa shape index (κ1) is 12.0. The lowest BCUT2D eigenvalue weighted by molar-refractivity contribution is 0.129. The summed E-state index contributed by atoms with van der Waals surface area (Å²) in [4.78, 5) is 1.18. The number of aryl methyl sites for hydroxylation is 1. The average molecular weight is 238 g/mol. The maximum absolute atomic E-state index is 9.29. The molecule has 1 aliphatic heterocycles. The first-order chi connectivity index (χ1) is 7.79. The van der Waals surface area contributed by atoms with Gasteiger partial charge < -0.3 is 9.84 Å². The average Bonchev–Trinajstić information content (AvgIpc) is 2.80. The Bertz CT molecular complexity index is 346. The van der Waals surface area contributed by atoms with E-state index in [0.29, 0.717) is 6.10 Å². The Balaban J connectivity index is 1.97. The van der Waals surface area contributed by atoms with E-state index in [9.17, 15) is 5.11 Å². The minimum Gasteiger partial charge on any atom is -0.392 e. The highest BCUT2D eigenvalue weighted by atomic mass is 32.2. The van der Waals surface area contributed by atoms with Crippen molar-refractivity contribution in [3.8, 4) is 0 Å². The zero-order valence-electron chi connectivity index (χ0n) is 9.61. The van der Waals surface area contributed by atoms with Crippen molar-refractivity contribution in [1.29, 1.82) is 0 Å². The third-order valence-electron chi connectivity index (χ3n) is 2.84. The lowest BCUT2D eigenvalue weighted by Gasteiger charge is -2.11. The van der Waals surface area contributed by atoms with Crippen molar-refractivity contribution in [2.45, 2.75) is 37.4 Å². The topological polar surface area (TPSA) is 29.5 Å². The quantitative estimate of drug-likeness (QED) is 0.818. The standard InChI is InChI=1S/C13H18O2S/c1-10-4-5-13(11(7-10)8-14)16-9-12-3-2-6-15-12/h4-5,7,12,14H,2-3,6,8-9H2,1H3. The van der Waals surface area contributed by atoms with Crippen LogP contribution in [0.15, 0.2) is 23.1 Å². The van der Waals surface area contributed by atoms with Crippen LogP contribution in [-0.4, -0.2) is 23.6 Å². The number of hydrogen-bond acceptors (Lipinski definition) is 3. The van der Waals surface area contributed by atoms with Crippen LogP contribution < -0.4 is 0 Å². The van der Waals surface area contributed by atoms with E-state index in [4.69, 9.17) is 4.74 Å². The lowest BCUT2D eigenvalue weighted by Crippen LogP contribution is -2.08.